The van der Waals surface area contributed by atoms with Crippen LogP contribution in [0.15, 0.2) is 59.1 Å². The number of benzene rings is 1. The molecule has 1 amide bonds. The van der Waals surface area contributed by atoms with Crippen molar-refractivity contribution < 1.29 is 40.6 Å². The summed E-state index contributed by atoms with van der Waals surface area (Å²) < 4.78 is 95.7. The summed E-state index contributed by atoms with van der Waals surface area (Å²) in [6.45, 7) is 2.78. The molecule has 4 unspecified atom stereocenters. The van der Waals surface area contributed by atoms with Crippen molar-refractivity contribution >= 4 is 5.91 Å². The Hall–Kier alpha value is -2.91. The molecule has 2 heterocycles. The molecule has 2 aliphatic carbocycles. The number of hydrogen-bond donors (Lipinski definition) is 0. The van der Waals surface area contributed by atoms with E-state index < -0.39 is 41.4 Å². The quantitative estimate of drug-likeness (QED) is 0.313. The van der Waals surface area contributed by atoms with Crippen LogP contribution in [0.1, 0.15) is 51.5 Å². The number of piperidine rings is 1. The molecule has 38 heavy (non-hydrogen) atoms. The second-order valence-corrected chi connectivity index (χ2v) is 10.8. The summed E-state index contributed by atoms with van der Waals surface area (Å²) >= 11 is 0. The highest BCUT2D eigenvalue weighted by Gasteiger charge is 2.54. The van der Waals surface area contributed by atoms with Gasteiger partial charge in [0.15, 0.2) is 5.76 Å². The van der Waals surface area contributed by atoms with Crippen LogP contribution >= 0.6 is 0 Å². The minimum atomic E-state index is -4.33. The third-order valence-electron chi connectivity index (χ3n) is 7.94. The van der Waals surface area contributed by atoms with Crippen LogP contribution in [-0.4, -0.2) is 41.9 Å². The van der Waals surface area contributed by atoms with E-state index in [-0.39, 0.29) is 68.2 Å². The molecule has 0 aromatic heterocycles. The van der Waals surface area contributed by atoms with Crippen LogP contribution in [0.2, 0.25) is 0 Å². The van der Waals surface area contributed by atoms with E-state index in [1.54, 1.807) is 6.08 Å². The number of likely N-dealkylation sites (tertiary alicyclic amines) is 1. The van der Waals surface area contributed by atoms with Crippen molar-refractivity contribution in [1.29, 1.82) is 0 Å². The first-order valence-corrected chi connectivity index (χ1v) is 12.8. The van der Waals surface area contributed by atoms with Gasteiger partial charge in [0.1, 0.15) is 23.4 Å². The molecular weight excluding hydrogens is 512 g/mol. The van der Waals surface area contributed by atoms with Gasteiger partial charge in [0.25, 0.3) is 5.91 Å². The number of hydrogen-bond acceptors (Lipinski definition) is 3. The zero-order valence-corrected chi connectivity index (χ0v) is 21.1. The fraction of sp³-hybridized carbons (Fsp3) is 0.536. The summed E-state index contributed by atoms with van der Waals surface area (Å²) in [6, 6.07) is 5.44. The predicted molar refractivity (Wildman–Crippen MR) is 126 cm³/mol. The maximum atomic E-state index is 15.9. The number of amides is 1. The molecule has 0 radical (unpaired) electrons. The van der Waals surface area contributed by atoms with Gasteiger partial charge in [0, 0.05) is 30.6 Å². The standard InChI is InChI=1S/C28H29F6NO3/c1-16-13-20(30)7-8-21(16)27(17-3-5-19(29)6-4-17)37-23-14-22(26(2,31)15-24(23)38-27)25(36)35-11-9-18(10-12-35)28(32,33)34/h3-6,8,14,16,18,20H,7,9-13,15H2,1-2H3. The van der Waals surface area contributed by atoms with Crippen molar-refractivity contribution in [3.8, 4) is 0 Å². The summed E-state index contributed by atoms with van der Waals surface area (Å²) in [5.74, 6) is -4.27. The number of halogens is 6. The highest BCUT2D eigenvalue weighted by Crippen LogP contribution is 2.53. The maximum absolute atomic E-state index is 15.9. The van der Waals surface area contributed by atoms with Crippen LogP contribution in [-0.2, 0) is 20.1 Å². The first kappa shape index (κ1) is 26.7. The Morgan fingerprint density at radius 3 is 2.37 bits per heavy atom. The minimum Gasteiger partial charge on any atom is -0.445 e. The smallest absolute Gasteiger partial charge is 0.391 e. The normalized spacial score (nSPS) is 32.3. The van der Waals surface area contributed by atoms with Gasteiger partial charge in [0.05, 0.1) is 11.5 Å². The molecule has 10 heteroatoms. The van der Waals surface area contributed by atoms with Crippen molar-refractivity contribution in [3.05, 3.63) is 70.5 Å². The molecule has 1 aromatic carbocycles. The predicted octanol–water partition coefficient (Wildman–Crippen LogP) is 6.79. The number of alkyl halides is 5. The number of nitrogens with zero attached hydrogens (tertiary/aromatic N) is 1. The zero-order valence-electron chi connectivity index (χ0n) is 21.1. The summed E-state index contributed by atoms with van der Waals surface area (Å²) in [7, 11) is 0. The highest BCUT2D eigenvalue weighted by atomic mass is 19.4. The third kappa shape index (κ3) is 4.71. The van der Waals surface area contributed by atoms with Gasteiger partial charge < -0.3 is 14.4 Å². The Morgan fingerprint density at radius 1 is 1.11 bits per heavy atom. The van der Waals surface area contributed by atoms with Gasteiger partial charge in [-0.25, -0.2) is 13.2 Å². The van der Waals surface area contributed by atoms with Crippen LogP contribution in [0.4, 0.5) is 26.3 Å². The summed E-state index contributed by atoms with van der Waals surface area (Å²) in [5.41, 5.74) is -1.35. The lowest BCUT2D eigenvalue weighted by atomic mass is 9.80. The first-order chi connectivity index (χ1) is 17.8. The molecule has 1 fully saturated rings. The Labute approximate surface area is 217 Å². The lowest BCUT2D eigenvalue weighted by Gasteiger charge is -2.37. The van der Waals surface area contributed by atoms with Crippen molar-refractivity contribution in [3.63, 3.8) is 0 Å². The van der Waals surface area contributed by atoms with E-state index in [0.29, 0.717) is 11.1 Å². The van der Waals surface area contributed by atoms with E-state index in [0.717, 1.165) is 0 Å². The van der Waals surface area contributed by atoms with Crippen molar-refractivity contribution in [1.82, 2.24) is 4.90 Å². The van der Waals surface area contributed by atoms with Crippen molar-refractivity contribution in [2.45, 2.75) is 69.8 Å². The monoisotopic (exact) mass is 541 g/mol. The van der Waals surface area contributed by atoms with Crippen LogP contribution < -0.4 is 0 Å². The first-order valence-electron chi connectivity index (χ1n) is 12.8. The molecule has 4 atom stereocenters. The molecule has 4 nitrogen and oxygen atoms in total. The molecule has 1 saturated heterocycles. The number of rotatable bonds is 3. The molecule has 0 saturated carbocycles. The Morgan fingerprint density at radius 2 is 1.76 bits per heavy atom. The van der Waals surface area contributed by atoms with Crippen molar-refractivity contribution in [2.75, 3.05) is 13.1 Å². The molecule has 0 bridgehead atoms. The van der Waals surface area contributed by atoms with Gasteiger partial charge in [-0.05, 0) is 68.9 Å². The molecule has 206 valence electrons. The van der Waals surface area contributed by atoms with Gasteiger partial charge >= 0.3 is 12.0 Å². The third-order valence-corrected chi connectivity index (χ3v) is 7.94. The SMILES string of the molecule is CC1CC(F)CC=C1C1(c2ccc(F)cc2)OC2=C(CC(C)(F)C(C(=O)N3CCC(C(F)(F)F)CC3)=C2)O1. The fourth-order valence-corrected chi connectivity index (χ4v) is 5.83. The molecule has 0 spiro atoms. The van der Waals surface area contributed by atoms with Gasteiger partial charge in [-0.3, -0.25) is 4.79 Å². The van der Waals surface area contributed by atoms with Crippen molar-refractivity contribution in [2.24, 2.45) is 11.8 Å². The van der Waals surface area contributed by atoms with E-state index in [4.69, 9.17) is 9.47 Å². The lowest BCUT2D eigenvalue weighted by molar-refractivity contribution is -0.186. The van der Waals surface area contributed by atoms with Crippen LogP contribution in [0, 0.1) is 17.7 Å². The molecule has 2 aliphatic heterocycles. The molecule has 5 rings (SSSR count). The Kier molecular flexibility index (Phi) is 6.59. The Bertz CT molecular complexity index is 1190. The second-order valence-electron chi connectivity index (χ2n) is 10.8. The summed E-state index contributed by atoms with van der Waals surface area (Å²) in [4.78, 5) is 14.5. The molecular formula is C28H29F6NO3. The van der Waals surface area contributed by atoms with Gasteiger partial charge in [0.2, 0.25) is 0 Å². The highest BCUT2D eigenvalue weighted by molar-refractivity contribution is 5.96. The van der Waals surface area contributed by atoms with E-state index in [1.165, 1.54) is 42.2 Å². The number of ether oxygens (including phenoxy) is 2. The summed E-state index contributed by atoms with van der Waals surface area (Å²) in [5, 5.41) is 0. The van der Waals surface area contributed by atoms with Crippen LogP contribution in [0.5, 0.6) is 0 Å². The van der Waals surface area contributed by atoms with Crippen LogP contribution in [0.3, 0.4) is 0 Å². The zero-order chi connectivity index (χ0) is 27.5. The molecule has 1 aromatic rings. The molecule has 4 aliphatic rings. The van der Waals surface area contributed by atoms with E-state index in [1.807, 2.05) is 6.92 Å². The maximum Gasteiger partial charge on any atom is 0.391 e. The average molecular weight is 542 g/mol. The largest absolute Gasteiger partial charge is 0.445 e. The summed E-state index contributed by atoms with van der Waals surface area (Å²) in [6.07, 6.45) is -2.89. The number of carbonyl (C=O) groups is 1. The number of allylic oxidation sites excluding steroid dienone is 3. The topological polar surface area (TPSA) is 38.8 Å². The van der Waals surface area contributed by atoms with E-state index >= 15 is 4.39 Å². The van der Waals surface area contributed by atoms with Gasteiger partial charge in [-0.15, -0.1) is 0 Å². The number of carbonyl (C=O) groups excluding carboxylic acids is 1. The fourth-order valence-electron chi connectivity index (χ4n) is 5.83. The van der Waals surface area contributed by atoms with E-state index in [9.17, 15) is 26.7 Å². The second kappa shape index (κ2) is 9.38. The minimum absolute atomic E-state index is 0.119. The van der Waals surface area contributed by atoms with Gasteiger partial charge in [-0.1, -0.05) is 13.0 Å². The average Bonchev–Trinajstić information content (AvgIpc) is 3.20. The van der Waals surface area contributed by atoms with E-state index in [2.05, 4.69) is 0 Å². The van der Waals surface area contributed by atoms with Crippen LogP contribution in [0.25, 0.3) is 0 Å². The van der Waals surface area contributed by atoms with Gasteiger partial charge in [-0.2, -0.15) is 13.2 Å². The molecule has 0 N–H and O–H groups in total. The Balaban J connectivity index is 1.46. The lowest BCUT2D eigenvalue weighted by Crippen LogP contribution is -2.45.